The zero-order valence-electron chi connectivity index (χ0n) is 16.8. The SMILES string of the molecule is COc1ccc(C(c2cccc(C(F)(F)F)c2)N2CCC(C(=O)O)CC2)c(OC)c1. The van der Waals surface area contributed by atoms with E-state index in [9.17, 15) is 23.1 Å². The lowest BCUT2D eigenvalue weighted by atomic mass is 9.90. The fourth-order valence-corrected chi connectivity index (χ4v) is 3.92. The van der Waals surface area contributed by atoms with Gasteiger partial charge in [0.1, 0.15) is 11.5 Å². The molecular formula is C22H24F3NO4. The maximum absolute atomic E-state index is 13.3. The van der Waals surface area contributed by atoms with Crippen LogP contribution in [0.5, 0.6) is 11.5 Å². The van der Waals surface area contributed by atoms with Gasteiger partial charge in [0.15, 0.2) is 0 Å². The molecule has 0 aliphatic carbocycles. The van der Waals surface area contributed by atoms with Crippen LogP contribution in [0.4, 0.5) is 13.2 Å². The molecule has 8 heteroatoms. The molecule has 0 amide bonds. The van der Waals surface area contributed by atoms with Gasteiger partial charge < -0.3 is 14.6 Å². The van der Waals surface area contributed by atoms with Crippen molar-refractivity contribution in [1.82, 2.24) is 4.90 Å². The number of methoxy groups -OCH3 is 2. The molecule has 1 atom stereocenters. The Bertz CT molecular complexity index is 892. The van der Waals surface area contributed by atoms with Crippen LogP contribution in [-0.2, 0) is 11.0 Å². The Labute approximate surface area is 173 Å². The zero-order valence-corrected chi connectivity index (χ0v) is 16.8. The first-order valence-electron chi connectivity index (χ1n) is 9.60. The van der Waals surface area contributed by atoms with Crippen molar-refractivity contribution in [1.29, 1.82) is 0 Å². The van der Waals surface area contributed by atoms with Gasteiger partial charge in [-0.15, -0.1) is 0 Å². The number of piperidine rings is 1. The molecule has 1 saturated heterocycles. The molecule has 0 bridgehead atoms. The summed E-state index contributed by atoms with van der Waals surface area (Å²) in [6.07, 6.45) is -3.59. The molecule has 30 heavy (non-hydrogen) atoms. The number of carboxylic acids is 1. The third-order valence-corrected chi connectivity index (χ3v) is 5.51. The quantitative estimate of drug-likeness (QED) is 0.736. The Hall–Kier alpha value is -2.74. The normalized spacial score (nSPS) is 16.8. The van der Waals surface area contributed by atoms with Crippen molar-refractivity contribution in [3.05, 3.63) is 59.2 Å². The Balaban J connectivity index is 2.06. The monoisotopic (exact) mass is 423 g/mol. The van der Waals surface area contributed by atoms with Crippen LogP contribution in [0, 0.1) is 5.92 Å². The number of nitrogens with zero attached hydrogens (tertiary/aromatic N) is 1. The first kappa shape index (κ1) is 22.0. The van der Waals surface area contributed by atoms with Crippen LogP contribution in [0.2, 0.25) is 0 Å². The van der Waals surface area contributed by atoms with Crippen molar-refractivity contribution >= 4 is 5.97 Å². The molecule has 2 aromatic carbocycles. The molecule has 3 rings (SSSR count). The molecular weight excluding hydrogens is 399 g/mol. The highest BCUT2D eigenvalue weighted by atomic mass is 19.4. The van der Waals surface area contributed by atoms with E-state index >= 15 is 0 Å². The van der Waals surface area contributed by atoms with Gasteiger partial charge in [-0.1, -0.05) is 12.1 Å². The molecule has 2 aromatic rings. The number of halogens is 3. The summed E-state index contributed by atoms with van der Waals surface area (Å²) in [7, 11) is 3.02. The minimum Gasteiger partial charge on any atom is -0.497 e. The third kappa shape index (κ3) is 4.70. The number of likely N-dealkylation sites (tertiary alicyclic amines) is 1. The van der Waals surface area contributed by atoms with E-state index in [-0.39, 0.29) is 0 Å². The molecule has 0 saturated carbocycles. The highest BCUT2D eigenvalue weighted by Crippen LogP contribution is 2.40. The molecule has 1 fully saturated rings. The van der Waals surface area contributed by atoms with E-state index in [0.717, 1.165) is 12.1 Å². The van der Waals surface area contributed by atoms with Crippen LogP contribution in [0.3, 0.4) is 0 Å². The number of aliphatic carboxylic acids is 1. The first-order chi connectivity index (χ1) is 14.2. The van der Waals surface area contributed by atoms with Gasteiger partial charge in [0.25, 0.3) is 0 Å². The van der Waals surface area contributed by atoms with E-state index in [2.05, 4.69) is 0 Å². The molecule has 1 unspecified atom stereocenters. The predicted molar refractivity (Wildman–Crippen MR) is 105 cm³/mol. The fourth-order valence-electron chi connectivity index (χ4n) is 3.92. The van der Waals surface area contributed by atoms with E-state index < -0.39 is 29.7 Å². The summed E-state index contributed by atoms with van der Waals surface area (Å²) < 4.78 is 50.8. The van der Waals surface area contributed by atoms with Crippen LogP contribution in [0.25, 0.3) is 0 Å². The topological polar surface area (TPSA) is 59.0 Å². The van der Waals surface area contributed by atoms with Crippen LogP contribution in [0.1, 0.15) is 35.6 Å². The minimum absolute atomic E-state index is 0.434. The summed E-state index contributed by atoms with van der Waals surface area (Å²) in [5, 5.41) is 9.29. The molecule has 1 heterocycles. The summed E-state index contributed by atoms with van der Waals surface area (Å²) >= 11 is 0. The summed E-state index contributed by atoms with van der Waals surface area (Å²) in [6, 6.07) is 9.95. The lowest BCUT2D eigenvalue weighted by molar-refractivity contribution is -0.143. The highest BCUT2D eigenvalue weighted by Gasteiger charge is 2.34. The van der Waals surface area contributed by atoms with Crippen molar-refractivity contribution in [3.63, 3.8) is 0 Å². The lowest BCUT2D eigenvalue weighted by Gasteiger charge is -2.37. The van der Waals surface area contributed by atoms with Gasteiger partial charge in [-0.25, -0.2) is 0 Å². The highest BCUT2D eigenvalue weighted by molar-refractivity contribution is 5.70. The van der Waals surface area contributed by atoms with Crippen molar-refractivity contribution in [2.45, 2.75) is 25.1 Å². The van der Waals surface area contributed by atoms with Gasteiger partial charge in [-0.2, -0.15) is 13.2 Å². The maximum Gasteiger partial charge on any atom is 0.416 e. The number of hydrogen-bond donors (Lipinski definition) is 1. The van der Waals surface area contributed by atoms with Gasteiger partial charge >= 0.3 is 12.1 Å². The van der Waals surface area contributed by atoms with E-state index in [4.69, 9.17) is 9.47 Å². The van der Waals surface area contributed by atoms with Crippen LogP contribution < -0.4 is 9.47 Å². The van der Waals surface area contributed by atoms with Gasteiger partial charge in [-0.05, 0) is 55.8 Å². The standard InChI is InChI=1S/C22H24F3NO4/c1-29-17-6-7-18(19(13-17)30-2)20(26-10-8-14(9-11-26)21(27)28)15-4-3-5-16(12-15)22(23,24)25/h3-7,12-14,20H,8-11H2,1-2H3,(H,27,28). The van der Waals surface area contributed by atoms with Crippen LogP contribution in [-0.4, -0.2) is 43.3 Å². The molecule has 0 radical (unpaired) electrons. The van der Waals surface area contributed by atoms with E-state index in [1.165, 1.54) is 20.3 Å². The average molecular weight is 423 g/mol. The summed E-state index contributed by atoms with van der Waals surface area (Å²) in [4.78, 5) is 13.3. The van der Waals surface area contributed by atoms with Crippen LogP contribution >= 0.6 is 0 Å². The largest absolute Gasteiger partial charge is 0.497 e. The zero-order chi connectivity index (χ0) is 21.9. The molecule has 5 nitrogen and oxygen atoms in total. The fraction of sp³-hybridized carbons (Fsp3) is 0.409. The predicted octanol–water partition coefficient (Wildman–Crippen LogP) is 4.61. The van der Waals surface area contributed by atoms with E-state index in [1.54, 1.807) is 24.3 Å². The number of ether oxygens (including phenoxy) is 2. The lowest BCUT2D eigenvalue weighted by Crippen LogP contribution is -2.39. The number of alkyl halides is 3. The van der Waals surface area contributed by atoms with E-state index in [1.807, 2.05) is 4.90 Å². The summed E-state index contributed by atoms with van der Waals surface area (Å²) in [5.41, 5.74) is 0.450. The molecule has 1 N–H and O–H groups in total. The second kappa shape index (κ2) is 8.95. The second-order valence-corrected chi connectivity index (χ2v) is 7.28. The van der Waals surface area contributed by atoms with Gasteiger partial charge in [-0.3, -0.25) is 9.69 Å². The smallest absolute Gasteiger partial charge is 0.416 e. The van der Waals surface area contributed by atoms with Crippen molar-refractivity contribution < 1.29 is 32.5 Å². The number of rotatable bonds is 6. The second-order valence-electron chi connectivity index (χ2n) is 7.28. The maximum atomic E-state index is 13.3. The molecule has 1 aliphatic rings. The molecule has 0 aromatic heterocycles. The first-order valence-corrected chi connectivity index (χ1v) is 9.60. The summed E-state index contributed by atoms with van der Waals surface area (Å²) in [6.45, 7) is 0.903. The molecule has 0 spiro atoms. The Morgan fingerprint density at radius 2 is 1.80 bits per heavy atom. The Morgan fingerprint density at radius 3 is 2.37 bits per heavy atom. The Morgan fingerprint density at radius 1 is 1.10 bits per heavy atom. The minimum atomic E-state index is -4.46. The number of carboxylic acid groups (broad SMARTS) is 1. The number of hydrogen-bond acceptors (Lipinski definition) is 4. The summed E-state index contributed by atoms with van der Waals surface area (Å²) in [5.74, 6) is -0.214. The van der Waals surface area contributed by atoms with Gasteiger partial charge in [0.05, 0.1) is 31.7 Å². The molecule has 1 aliphatic heterocycles. The van der Waals surface area contributed by atoms with Crippen molar-refractivity contribution in [2.75, 3.05) is 27.3 Å². The Kier molecular flexibility index (Phi) is 6.55. The van der Waals surface area contributed by atoms with E-state index in [0.29, 0.717) is 48.6 Å². The van der Waals surface area contributed by atoms with Gasteiger partial charge in [0.2, 0.25) is 0 Å². The van der Waals surface area contributed by atoms with Gasteiger partial charge in [0, 0.05) is 11.6 Å². The molecule has 162 valence electrons. The van der Waals surface area contributed by atoms with Crippen molar-refractivity contribution in [3.8, 4) is 11.5 Å². The number of carbonyl (C=O) groups is 1. The van der Waals surface area contributed by atoms with Crippen LogP contribution in [0.15, 0.2) is 42.5 Å². The average Bonchev–Trinajstić information content (AvgIpc) is 2.74. The third-order valence-electron chi connectivity index (χ3n) is 5.51. The number of benzene rings is 2. The van der Waals surface area contributed by atoms with Crippen molar-refractivity contribution in [2.24, 2.45) is 5.92 Å².